The fourth-order valence-corrected chi connectivity index (χ4v) is 3.44. The number of carboxylic acid groups (broad SMARTS) is 1. The lowest BCUT2D eigenvalue weighted by molar-refractivity contribution is -0.153. The molecule has 1 fully saturated rings. The van der Waals surface area contributed by atoms with Crippen molar-refractivity contribution in [1.29, 1.82) is 0 Å². The Bertz CT molecular complexity index is 1140. The van der Waals surface area contributed by atoms with Crippen molar-refractivity contribution < 1.29 is 32.3 Å². The lowest BCUT2D eigenvalue weighted by Crippen LogP contribution is -2.37. The molecular formula is C21H18F3N5O4. The van der Waals surface area contributed by atoms with Crippen LogP contribution in [-0.4, -0.2) is 45.0 Å². The molecule has 9 nitrogen and oxygen atoms in total. The number of piperidine rings is 1. The van der Waals surface area contributed by atoms with Gasteiger partial charge in [-0.3, -0.25) is 9.59 Å². The second-order valence-corrected chi connectivity index (χ2v) is 7.39. The molecule has 1 aliphatic rings. The van der Waals surface area contributed by atoms with E-state index < -0.39 is 35.4 Å². The first kappa shape index (κ1) is 22.2. The zero-order valence-corrected chi connectivity index (χ0v) is 17.0. The van der Waals surface area contributed by atoms with Crippen LogP contribution in [0.5, 0.6) is 0 Å². The number of carboxylic acids is 1. The van der Waals surface area contributed by atoms with Crippen LogP contribution in [0.2, 0.25) is 0 Å². The number of nitrogens with zero attached hydrogens (tertiary/aromatic N) is 4. The summed E-state index contributed by atoms with van der Waals surface area (Å²) < 4.78 is 45.2. The molecule has 1 aliphatic heterocycles. The van der Waals surface area contributed by atoms with Crippen LogP contribution < -0.4 is 10.2 Å². The first-order valence-corrected chi connectivity index (χ1v) is 9.97. The van der Waals surface area contributed by atoms with Crippen molar-refractivity contribution in [3.05, 3.63) is 54.2 Å². The Morgan fingerprint density at radius 2 is 1.73 bits per heavy atom. The second kappa shape index (κ2) is 8.88. The molecule has 0 radical (unpaired) electrons. The van der Waals surface area contributed by atoms with E-state index in [4.69, 9.17) is 9.52 Å². The molecule has 3 aromatic rings. The average Bonchev–Trinajstić information content (AvgIpc) is 3.27. The summed E-state index contributed by atoms with van der Waals surface area (Å²) in [6.07, 6.45) is -1.50. The third-order valence-electron chi connectivity index (χ3n) is 5.14. The number of nitrogens with one attached hydrogen (secondary N) is 1. The van der Waals surface area contributed by atoms with Gasteiger partial charge in [-0.2, -0.15) is 13.2 Å². The summed E-state index contributed by atoms with van der Waals surface area (Å²) in [7, 11) is 0. The number of carbonyl (C=O) groups excluding carboxylic acids is 1. The molecule has 3 heterocycles. The third kappa shape index (κ3) is 4.94. The highest BCUT2D eigenvalue weighted by Gasteiger charge is 2.42. The minimum absolute atomic E-state index is 0.0709. The van der Waals surface area contributed by atoms with Gasteiger partial charge in [-0.15, -0.1) is 0 Å². The van der Waals surface area contributed by atoms with Crippen molar-refractivity contribution in [1.82, 2.24) is 15.0 Å². The van der Waals surface area contributed by atoms with E-state index in [1.54, 1.807) is 23.1 Å². The number of rotatable bonds is 5. The number of hydrogen-bond acceptors (Lipinski definition) is 7. The van der Waals surface area contributed by atoms with Crippen LogP contribution >= 0.6 is 0 Å². The number of anilines is 2. The molecule has 0 aliphatic carbocycles. The van der Waals surface area contributed by atoms with Crippen LogP contribution in [0.1, 0.15) is 29.1 Å². The lowest BCUT2D eigenvalue weighted by atomic mass is 9.97. The molecule has 33 heavy (non-hydrogen) atoms. The van der Waals surface area contributed by atoms with Gasteiger partial charge in [0.05, 0.1) is 24.0 Å². The number of hydrogen-bond donors (Lipinski definition) is 2. The minimum Gasteiger partial charge on any atom is -0.481 e. The number of amides is 1. The first-order chi connectivity index (χ1) is 15.7. The molecule has 1 saturated heterocycles. The molecule has 1 amide bonds. The van der Waals surface area contributed by atoms with Gasteiger partial charge >= 0.3 is 12.1 Å². The number of carbonyl (C=O) groups is 2. The zero-order valence-electron chi connectivity index (χ0n) is 17.0. The Labute approximate surface area is 185 Å². The molecular weight excluding hydrogens is 443 g/mol. The van der Waals surface area contributed by atoms with Crippen LogP contribution in [0, 0.1) is 5.92 Å². The van der Waals surface area contributed by atoms with Gasteiger partial charge in [-0.25, -0.2) is 15.0 Å². The fourth-order valence-electron chi connectivity index (χ4n) is 3.44. The fraction of sp³-hybridized carbons (Fsp3) is 0.286. The van der Waals surface area contributed by atoms with Crippen molar-refractivity contribution in [3.63, 3.8) is 0 Å². The van der Waals surface area contributed by atoms with Crippen LogP contribution in [-0.2, 0) is 11.0 Å². The zero-order chi connectivity index (χ0) is 23.6. The predicted molar refractivity (Wildman–Crippen MR) is 109 cm³/mol. The van der Waals surface area contributed by atoms with Crippen LogP contribution in [0.4, 0.5) is 24.8 Å². The SMILES string of the molecule is O=C(Nc1cnc(N2CCC(C(=O)O)CC2)nc1)c1nc(-c2ccccc2)oc1C(F)(F)F. The van der Waals surface area contributed by atoms with E-state index in [-0.39, 0.29) is 11.6 Å². The highest BCUT2D eigenvalue weighted by molar-refractivity contribution is 6.03. The largest absolute Gasteiger partial charge is 0.481 e. The molecule has 12 heteroatoms. The van der Waals surface area contributed by atoms with Gasteiger partial charge in [0.25, 0.3) is 5.91 Å². The van der Waals surface area contributed by atoms with E-state index in [0.717, 1.165) is 0 Å². The van der Waals surface area contributed by atoms with Crippen molar-refractivity contribution in [2.75, 3.05) is 23.3 Å². The Morgan fingerprint density at radius 3 is 2.30 bits per heavy atom. The van der Waals surface area contributed by atoms with Gasteiger partial charge in [0.15, 0.2) is 5.69 Å². The highest BCUT2D eigenvalue weighted by atomic mass is 19.4. The second-order valence-electron chi connectivity index (χ2n) is 7.39. The Balaban J connectivity index is 1.49. The molecule has 0 atom stereocenters. The van der Waals surface area contributed by atoms with Gasteiger partial charge in [0.2, 0.25) is 17.6 Å². The standard InChI is InChI=1S/C21H18F3N5O4/c22-21(23,24)16-15(28-18(33-16)12-4-2-1-3-5-12)17(30)27-14-10-25-20(26-11-14)29-8-6-13(7-9-29)19(31)32/h1-5,10-11,13H,6-9H2,(H,27,30)(H,31,32). The van der Waals surface area contributed by atoms with Gasteiger partial charge in [-0.05, 0) is 25.0 Å². The van der Waals surface area contributed by atoms with E-state index in [1.807, 2.05) is 0 Å². The first-order valence-electron chi connectivity index (χ1n) is 9.97. The normalized spacial score (nSPS) is 14.8. The van der Waals surface area contributed by atoms with E-state index in [9.17, 15) is 22.8 Å². The maximum absolute atomic E-state index is 13.4. The molecule has 172 valence electrons. The summed E-state index contributed by atoms with van der Waals surface area (Å²) in [5, 5.41) is 11.4. The maximum atomic E-state index is 13.4. The predicted octanol–water partition coefficient (Wildman–Crippen LogP) is 3.70. The Morgan fingerprint density at radius 1 is 1.09 bits per heavy atom. The monoisotopic (exact) mass is 461 g/mol. The van der Waals surface area contributed by atoms with Gasteiger partial charge in [0, 0.05) is 18.7 Å². The highest BCUT2D eigenvalue weighted by Crippen LogP contribution is 2.35. The van der Waals surface area contributed by atoms with Crippen molar-refractivity contribution in [2.24, 2.45) is 5.92 Å². The number of aromatic nitrogens is 3. The quantitative estimate of drug-likeness (QED) is 0.590. The maximum Gasteiger partial charge on any atom is 0.452 e. The summed E-state index contributed by atoms with van der Waals surface area (Å²) in [5.41, 5.74) is -0.538. The van der Waals surface area contributed by atoms with E-state index in [0.29, 0.717) is 37.4 Å². The van der Waals surface area contributed by atoms with Gasteiger partial charge in [0.1, 0.15) is 0 Å². The lowest BCUT2D eigenvalue weighted by Gasteiger charge is -2.29. The molecule has 2 aromatic heterocycles. The summed E-state index contributed by atoms with van der Waals surface area (Å²) in [6, 6.07) is 7.92. The van der Waals surface area contributed by atoms with Crippen molar-refractivity contribution >= 4 is 23.5 Å². The Hall–Kier alpha value is -3.96. The van der Waals surface area contributed by atoms with Crippen LogP contribution in [0.25, 0.3) is 11.5 Å². The van der Waals surface area contributed by atoms with Gasteiger partial charge in [-0.1, -0.05) is 18.2 Å². The number of benzene rings is 1. The van der Waals surface area contributed by atoms with Crippen molar-refractivity contribution in [3.8, 4) is 11.5 Å². The molecule has 0 saturated carbocycles. The van der Waals surface area contributed by atoms with Gasteiger partial charge < -0.3 is 19.7 Å². The molecule has 0 unspecified atom stereocenters. The topological polar surface area (TPSA) is 121 Å². The number of alkyl halides is 3. The number of oxazole rings is 1. The van der Waals surface area contributed by atoms with Crippen LogP contribution in [0.3, 0.4) is 0 Å². The Kier molecular flexibility index (Phi) is 5.99. The van der Waals surface area contributed by atoms with E-state index >= 15 is 0 Å². The van der Waals surface area contributed by atoms with E-state index in [1.165, 1.54) is 24.5 Å². The van der Waals surface area contributed by atoms with E-state index in [2.05, 4.69) is 20.3 Å². The number of aliphatic carboxylic acids is 1. The summed E-state index contributed by atoms with van der Waals surface area (Å²) >= 11 is 0. The average molecular weight is 461 g/mol. The molecule has 2 N–H and O–H groups in total. The third-order valence-corrected chi connectivity index (χ3v) is 5.14. The molecule has 1 aromatic carbocycles. The molecule has 4 rings (SSSR count). The minimum atomic E-state index is -4.92. The summed E-state index contributed by atoms with van der Waals surface area (Å²) in [5.74, 6) is -3.87. The molecule has 0 bridgehead atoms. The number of halogens is 3. The molecule has 0 spiro atoms. The smallest absolute Gasteiger partial charge is 0.452 e. The van der Waals surface area contributed by atoms with Crippen LogP contribution in [0.15, 0.2) is 47.1 Å². The summed E-state index contributed by atoms with van der Waals surface area (Å²) in [4.78, 5) is 37.4. The summed E-state index contributed by atoms with van der Waals surface area (Å²) in [6.45, 7) is 0.914. The van der Waals surface area contributed by atoms with Crippen molar-refractivity contribution in [2.45, 2.75) is 19.0 Å².